The van der Waals surface area contributed by atoms with Crippen molar-refractivity contribution < 1.29 is 14.3 Å². The van der Waals surface area contributed by atoms with E-state index >= 15 is 0 Å². The van der Waals surface area contributed by atoms with Crippen molar-refractivity contribution in [3.63, 3.8) is 0 Å². The summed E-state index contributed by atoms with van der Waals surface area (Å²) in [5.74, 6) is 0.364. The second-order valence-electron chi connectivity index (χ2n) is 8.02. The molecule has 1 fully saturated rings. The predicted octanol–water partition coefficient (Wildman–Crippen LogP) is 4.85. The van der Waals surface area contributed by atoms with E-state index in [0.717, 1.165) is 49.1 Å². The third-order valence-corrected chi connectivity index (χ3v) is 5.73. The second kappa shape index (κ2) is 10.4. The average Bonchev–Trinajstić information content (AvgIpc) is 3.19. The number of carbonyl (C=O) groups excluding carboxylic acids is 1. The molecule has 1 aliphatic rings. The van der Waals surface area contributed by atoms with Crippen molar-refractivity contribution in [2.75, 3.05) is 32.8 Å². The van der Waals surface area contributed by atoms with Gasteiger partial charge in [0.25, 0.3) is 0 Å². The minimum atomic E-state index is -0.285. The van der Waals surface area contributed by atoms with Gasteiger partial charge in [0, 0.05) is 6.54 Å². The van der Waals surface area contributed by atoms with Gasteiger partial charge in [-0.1, -0.05) is 31.9 Å². The summed E-state index contributed by atoms with van der Waals surface area (Å²) < 4.78 is 13.3. The molecule has 0 amide bonds. The summed E-state index contributed by atoms with van der Waals surface area (Å²) in [7, 11) is 0. The van der Waals surface area contributed by atoms with Gasteiger partial charge in [-0.25, -0.2) is 9.48 Å². The molecule has 0 radical (unpaired) electrons. The van der Waals surface area contributed by atoms with Gasteiger partial charge in [0.05, 0.1) is 28.8 Å². The average molecular weight is 422 g/mol. The Bertz CT molecular complexity index is 991. The van der Waals surface area contributed by atoms with Crippen molar-refractivity contribution in [2.24, 2.45) is 0 Å². The van der Waals surface area contributed by atoms with Gasteiger partial charge in [-0.3, -0.25) is 4.90 Å². The van der Waals surface area contributed by atoms with Crippen molar-refractivity contribution in [1.29, 1.82) is 0 Å². The molecule has 3 aromatic rings. The van der Waals surface area contributed by atoms with Crippen LogP contribution in [0.15, 0.2) is 48.5 Å². The summed E-state index contributed by atoms with van der Waals surface area (Å²) in [5, 5.41) is 5.73. The normalized spacial score (nSPS) is 14.6. The molecule has 4 rings (SSSR count). The number of ether oxygens (including phenoxy) is 2. The highest BCUT2D eigenvalue weighted by Crippen LogP contribution is 2.27. The number of rotatable bonds is 9. The number of para-hydroxylation sites is 1. The zero-order valence-corrected chi connectivity index (χ0v) is 18.3. The summed E-state index contributed by atoms with van der Waals surface area (Å²) in [6, 6.07) is 15.4. The Hall–Kier alpha value is -2.86. The number of likely N-dealkylation sites (tertiary alicyclic amines) is 1. The van der Waals surface area contributed by atoms with Crippen LogP contribution in [-0.4, -0.2) is 53.5 Å². The fourth-order valence-corrected chi connectivity index (χ4v) is 3.93. The molecule has 0 bridgehead atoms. The number of esters is 1. The molecule has 6 heteroatoms. The summed E-state index contributed by atoms with van der Waals surface area (Å²) >= 11 is 0. The van der Waals surface area contributed by atoms with E-state index in [1.165, 1.54) is 19.3 Å². The van der Waals surface area contributed by atoms with Gasteiger partial charge in [0.15, 0.2) is 0 Å². The first-order valence-corrected chi connectivity index (χ1v) is 11.4. The molecule has 164 valence electrons. The molecular weight excluding hydrogens is 390 g/mol. The van der Waals surface area contributed by atoms with Gasteiger partial charge in [-0.05, 0) is 68.8 Å². The first-order valence-electron chi connectivity index (χ1n) is 11.4. The number of unbranched alkanes of at least 4 members (excludes halogenated alkanes) is 1. The number of aromatic nitrogens is 2. The van der Waals surface area contributed by atoms with Crippen LogP contribution in [0.1, 0.15) is 49.4 Å². The highest BCUT2D eigenvalue weighted by Gasteiger charge is 2.15. The molecule has 0 aliphatic carbocycles. The van der Waals surface area contributed by atoms with Crippen molar-refractivity contribution in [1.82, 2.24) is 14.7 Å². The van der Waals surface area contributed by atoms with E-state index in [2.05, 4.69) is 11.8 Å². The monoisotopic (exact) mass is 421 g/mol. The lowest BCUT2D eigenvalue weighted by Crippen LogP contribution is -2.33. The second-order valence-corrected chi connectivity index (χ2v) is 8.02. The fraction of sp³-hybridized carbons (Fsp3) is 0.440. The molecular formula is C25H31N3O3. The minimum Gasteiger partial charge on any atom is -0.475 e. The number of piperidine rings is 1. The maximum Gasteiger partial charge on any atom is 0.338 e. The zero-order valence-electron chi connectivity index (χ0n) is 18.3. The van der Waals surface area contributed by atoms with E-state index in [9.17, 15) is 4.79 Å². The van der Waals surface area contributed by atoms with Gasteiger partial charge >= 0.3 is 5.97 Å². The van der Waals surface area contributed by atoms with Crippen molar-refractivity contribution >= 4 is 16.9 Å². The molecule has 0 unspecified atom stereocenters. The van der Waals surface area contributed by atoms with Crippen molar-refractivity contribution in [3.05, 3.63) is 54.1 Å². The smallest absolute Gasteiger partial charge is 0.338 e. The van der Waals surface area contributed by atoms with Gasteiger partial charge in [0.2, 0.25) is 5.88 Å². The molecule has 1 saturated heterocycles. The highest BCUT2D eigenvalue weighted by atomic mass is 16.5. The Morgan fingerprint density at radius 3 is 2.55 bits per heavy atom. The Kier molecular flexibility index (Phi) is 7.20. The van der Waals surface area contributed by atoms with E-state index in [0.29, 0.717) is 24.7 Å². The third-order valence-electron chi connectivity index (χ3n) is 5.73. The lowest BCUT2D eigenvalue weighted by Gasteiger charge is -2.25. The standard InChI is InChI=1S/C25H31N3O3/c1-2-3-18-31-25(29)20-11-13-21(14-12-20)28-23-10-6-5-9-22(23)24(26-28)30-19-17-27-15-7-4-8-16-27/h5-6,9-14H,2-4,7-8,15-19H2,1H3. The molecule has 0 spiro atoms. The Balaban J connectivity index is 1.48. The maximum absolute atomic E-state index is 12.2. The third kappa shape index (κ3) is 5.25. The van der Waals surface area contributed by atoms with Crippen LogP contribution in [0.4, 0.5) is 0 Å². The van der Waals surface area contributed by atoms with Gasteiger partial charge in [-0.15, -0.1) is 5.10 Å². The number of benzene rings is 2. The van der Waals surface area contributed by atoms with Crippen molar-refractivity contribution in [3.8, 4) is 11.6 Å². The van der Waals surface area contributed by atoms with E-state index in [-0.39, 0.29) is 5.97 Å². The lowest BCUT2D eigenvalue weighted by molar-refractivity contribution is 0.0499. The molecule has 0 N–H and O–H groups in total. The Morgan fingerprint density at radius 2 is 1.77 bits per heavy atom. The summed E-state index contributed by atoms with van der Waals surface area (Å²) in [6.07, 6.45) is 5.77. The van der Waals surface area contributed by atoms with Gasteiger partial charge < -0.3 is 9.47 Å². The van der Waals surface area contributed by atoms with E-state index in [1.54, 1.807) is 12.1 Å². The molecule has 0 saturated carbocycles. The van der Waals surface area contributed by atoms with Crippen LogP contribution in [0.5, 0.6) is 5.88 Å². The summed E-state index contributed by atoms with van der Waals surface area (Å²) in [4.78, 5) is 14.6. The number of carbonyl (C=O) groups is 1. The fourth-order valence-electron chi connectivity index (χ4n) is 3.93. The first-order chi connectivity index (χ1) is 15.3. The van der Waals surface area contributed by atoms with E-state index < -0.39 is 0 Å². The SMILES string of the molecule is CCCCOC(=O)c1ccc(-n2nc(OCCN3CCCCC3)c3ccccc32)cc1. The Morgan fingerprint density at radius 1 is 1.00 bits per heavy atom. The van der Waals surface area contributed by atoms with Crippen LogP contribution >= 0.6 is 0 Å². The lowest BCUT2D eigenvalue weighted by atomic mass is 10.1. The predicted molar refractivity (Wildman–Crippen MR) is 122 cm³/mol. The maximum atomic E-state index is 12.2. The molecule has 1 aromatic heterocycles. The van der Waals surface area contributed by atoms with Gasteiger partial charge in [-0.2, -0.15) is 0 Å². The first kappa shape index (κ1) is 21.4. The molecule has 0 atom stereocenters. The number of hydrogen-bond donors (Lipinski definition) is 0. The van der Waals surface area contributed by atoms with Crippen LogP contribution < -0.4 is 4.74 Å². The zero-order chi connectivity index (χ0) is 21.5. The molecule has 2 aromatic carbocycles. The largest absolute Gasteiger partial charge is 0.475 e. The van der Waals surface area contributed by atoms with Gasteiger partial charge in [0.1, 0.15) is 6.61 Å². The minimum absolute atomic E-state index is 0.285. The number of hydrogen-bond acceptors (Lipinski definition) is 5. The molecule has 6 nitrogen and oxygen atoms in total. The van der Waals surface area contributed by atoms with Crippen LogP contribution in [0.3, 0.4) is 0 Å². The van der Waals surface area contributed by atoms with Crippen LogP contribution in [0, 0.1) is 0 Å². The Labute approximate surface area is 183 Å². The van der Waals surface area contributed by atoms with E-state index in [1.807, 2.05) is 41.1 Å². The van der Waals surface area contributed by atoms with Crippen molar-refractivity contribution in [2.45, 2.75) is 39.0 Å². The molecule has 1 aliphatic heterocycles. The topological polar surface area (TPSA) is 56.6 Å². The van der Waals surface area contributed by atoms with Crippen LogP contribution in [0.25, 0.3) is 16.6 Å². The van der Waals surface area contributed by atoms with E-state index in [4.69, 9.17) is 14.6 Å². The number of nitrogens with zero attached hydrogens (tertiary/aromatic N) is 3. The quantitative estimate of drug-likeness (QED) is 0.365. The summed E-state index contributed by atoms with van der Waals surface area (Å²) in [5.41, 5.74) is 2.41. The molecule has 2 heterocycles. The highest BCUT2D eigenvalue weighted by molar-refractivity contribution is 5.90. The van der Waals surface area contributed by atoms with Crippen LogP contribution in [0.2, 0.25) is 0 Å². The molecule has 31 heavy (non-hydrogen) atoms. The van der Waals surface area contributed by atoms with Crippen LogP contribution in [-0.2, 0) is 4.74 Å². The number of fused-ring (bicyclic) bond motifs is 1. The summed E-state index contributed by atoms with van der Waals surface area (Å²) in [6.45, 7) is 6.40.